The van der Waals surface area contributed by atoms with Crippen LogP contribution in [-0.2, 0) is 12.0 Å². The molecule has 3 aromatic rings. The topological polar surface area (TPSA) is 89.9 Å². The monoisotopic (exact) mass is 375 g/mol. The number of benzene rings is 1. The fraction of sp³-hybridized carbons (Fsp3) is 0.500. The second kappa shape index (κ2) is 5.69. The molecule has 4 bridgehead atoms. The molecule has 2 aromatic heterocycles. The van der Waals surface area contributed by atoms with Gasteiger partial charge in [0.15, 0.2) is 11.5 Å². The molecule has 28 heavy (non-hydrogen) atoms. The zero-order valence-electron chi connectivity index (χ0n) is 15.9. The second-order valence-corrected chi connectivity index (χ2v) is 9.35. The molecule has 0 atom stereocenters. The van der Waals surface area contributed by atoms with E-state index in [0.717, 1.165) is 29.0 Å². The first-order valence-corrected chi connectivity index (χ1v) is 10.3. The van der Waals surface area contributed by atoms with Crippen LogP contribution in [0.4, 0.5) is 5.82 Å². The highest BCUT2D eigenvalue weighted by Crippen LogP contribution is 2.61. The fourth-order valence-electron chi connectivity index (χ4n) is 6.78. The van der Waals surface area contributed by atoms with Gasteiger partial charge in [0.2, 0.25) is 0 Å². The van der Waals surface area contributed by atoms with E-state index in [9.17, 15) is 5.11 Å². The van der Waals surface area contributed by atoms with Crippen molar-refractivity contribution < 1.29 is 5.11 Å². The lowest BCUT2D eigenvalue weighted by molar-refractivity contribution is -0.00614. The van der Waals surface area contributed by atoms with E-state index in [-0.39, 0.29) is 5.41 Å². The zero-order valence-corrected chi connectivity index (χ0v) is 15.9. The second-order valence-electron chi connectivity index (χ2n) is 9.35. The number of hydrogen-bond donors (Lipinski definition) is 2. The molecule has 0 amide bonds. The van der Waals surface area contributed by atoms with E-state index in [2.05, 4.69) is 27.1 Å². The highest BCUT2D eigenvalue weighted by molar-refractivity contribution is 5.81. The highest BCUT2D eigenvalue weighted by atomic mass is 16.3. The van der Waals surface area contributed by atoms with Gasteiger partial charge in [-0.2, -0.15) is 0 Å². The molecule has 4 aliphatic rings. The van der Waals surface area contributed by atoms with Crippen LogP contribution in [0.15, 0.2) is 30.9 Å². The maximum Gasteiger partial charge on any atom is 0.165 e. The van der Waals surface area contributed by atoms with Gasteiger partial charge in [-0.25, -0.2) is 15.0 Å². The number of nitrogens with zero attached hydrogens (tertiary/aromatic N) is 4. The molecule has 0 radical (unpaired) electrons. The van der Waals surface area contributed by atoms with Gasteiger partial charge in [-0.3, -0.25) is 0 Å². The minimum atomic E-state index is 0.209. The van der Waals surface area contributed by atoms with Crippen LogP contribution in [-0.4, -0.2) is 24.6 Å². The van der Waals surface area contributed by atoms with Crippen LogP contribution >= 0.6 is 0 Å². The molecule has 0 saturated heterocycles. The average Bonchev–Trinajstić information content (AvgIpc) is 3.05. The lowest BCUT2D eigenvalue weighted by atomic mass is 9.48. The van der Waals surface area contributed by atoms with Crippen molar-refractivity contribution in [1.29, 1.82) is 0 Å². The maximum absolute atomic E-state index is 11.0. The highest BCUT2D eigenvalue weighted by Gasteiger charge is 2.52. The molecule has 0 aliphatic heterocycles. The number of anilines is 1. The van der Waals surface area contributed by atoms with Crippen LogP contribution in [0.5, 0.6) is 5.75 Å². The van der Waals surface area contributed by atoms with E-state index in [0.29, 0.717) is 23.6 Å². The summed E-state index contributed by atoms with van der Waals surface area (Å²) in [6, 6.07) is 6.27. The Bertz CT molecular complexity index is 1040. The number of nitrogen functional groups attached to an aromatic ring is 1. The van der Waals surface area contributed by atoms with Crippen molar-refractivity contribution in [3.8, 4) is 5.75 Å². The van der Waals surface area contributed by atoms with Gasteiger partial charge in [-0.15, -0.1) is 0 Å². The number of aromatic nitrogens is 4. The van der Waals surface area contributed by atoms with Gasteiger partial charge in [-0.05, 0) is 73.3 Å². The van der Waals surface area contributed by atoms with Crippen molar-refractivity contribution in [3.63, 3.8) is 0 Å². The lowest BCUT2D eigenvalue weighted by Crippen LogP contribution is -2.48. The van der Waals surface area contributed by atoms with Crippen LogP contribution in [0.25, 0.3) is 11.2 Å². The predicted octanol–water partition coefficient (Wildman–Crippen LogP) is 3.63. The maximum atomic E-state index is 11.0. The van der Waals surface area contributed by atoms with Crippen molar-refractivity contribution in [2.24, 2.45) is 17.8 Å². The molecular formula is C22H25N5O. The summed E-state index contributed by atoms with van der Waals surface area (Å²) in [5, 5.41) is 11.0. The Hall–Kier alpha value is -2.63. The molecule has 4 saturated carbocycles. The Labute approximate surface area is 163 Å². The molecular weight excluding hydrogens is 350 g/mol. The van der Waals surface area contributed by atoms with E-state index in [1.54, 1.807) is 6.33 Å². The van der Waals surface area contributed by atoms with Crippen molar-refractivity contribution in [3.05, 3.63) is 42.0 Å². The fourth-order valence-corrected chi connectivity index (χ4v) is 6.78. The molecule has 1 aromatic carbocycles. The molecule has 4 fully saturated rings. The molecule has 3 N–H and O–H groups in total. The van der Waals surface area contributed by atoms with E-state index < -0.39 is 0 Å². The van der Waals surface area contributed by atoms with Gasteiger partial charge >= 0.3 is 0 Å². The number of fused-ring (bicyclic) bond motifs is 1. The van der Waals surface area contributed by atoms with Gasteiger partial charge in [0.05, 0.1) is 12.9 Å². The SMILES string of the molecule is Nc1ncnc2c1ncn2Cc1ccc(C23CC4CC(CC(C4)C2)C3)c(O)c1. The van der Waals surface area contributed by atoms with Crippen molar-refractivity contribution in [2.75, 3.05) is 5.73 Å². The molecule has 7 rings (SSSR count). The van der Waals surface area contributed by atoms with Gasteiger partial charge in [0, 0.05) is 5.56 Å². The summed E-state index contributed by atoms with van der Waals surface area (Å²) < 4.78 is 1.95. The number of phenolic OH excluding ortho intramolecular Hbond substituents is 1. The smallest absolute Gasteiger partial charge is 0.165 e. The molecule has 0 unspecified atom stereocenters. The van der Waals surface area contributed by atoms with Crippen LogP contribution in [0.2, 0.25) is 0 Å². The molecule has 6 heteroatoms. The third kappa shape index (κ3) is 2.36. The first kappa shape index (κ1) is 16.3. The lowest BCUT2D eigenvalue weighted by Gasteiger charge is -2.57. The Kier molecular flexibility index (Phi) is 3.32. The summed E-state index contributed by atoms with van der Waals surface area (Å²) in [5.41, 5.74) is 9.66. The standard InChI is InChI=1S/C22H25N5O/c23-20-19-21(25-11-24-20)27(12-26-19)10-13-1-2-17(18(28)6-13)22-7-14-3-15(8-22)5-16(4-14)9-22/h1-2,6,11-12,14-16,28H,3-5,7-10H2,(H2,23,24,25). The molecule has 2 heterocycles. The summed E-state index contributed by atoms with van der Waals surface area (Å²) in [6.07, 6.45) is 11.2. The van der Waals surface area contributed by atoms with Crippen molar-refractivity contribution in [2.45, 2.75) is 50.5 Å². The van der Waals surface area contributed by atoms with Gasteiger partial charge in [0.25, 0.3) is 0 Å². The van der Waals surface area contributed by atoms with Crippen LogP contribution in [0.1, 0.15) is 49.7 Å². The first-order chi connectivity index (χ1) is 13.6. The summed E-state index contributed by atoms with van der Waals surface area (Å²) in [4.78, 5) is 12.6. The minimum Gasteiger partial charge on any atom is -0.508 e. The minimum absolute atomic E-state index is 0.209. The van der Waals surface area contributed by atoms with E-state index in [4.69, 9.17) is 5.73 Å². The van der Waals surface area contributed by atoms with Gasteiger partial charge in [-0.1, -0.05) is 12.1 Å². The van der Waals surface area contributed by atoms with Crippen molar-refractivity contribution >= 4 is 17.0 Å². The summed E-state index contributed by atoms with van der Waals surface area (Å²) in [7, 11) is 0. The number of nitrogens with two attached hydrogens (primary N) is 1. The van der Waals surface area contributed by atoms with Gasteiger partial charge < -0.3 is 15.4 Å². The van der Waals surface area contributed by atoms with Crippen molar-refractivity contribution in [1.82, 2.24) is 19.5 Å². The van der Waals surface area contributed by atoms with Crippen LogP contribution in [0.3, 0.4) is 0 Å². The Balaban J connectivity index is 1.32. The van der Waals surface area contributed by atoms with E-state index in [1.807, 2.05) is 10.6 Å². The van der Waals surface area contributed by atoms with Crippen LogP contribution < -0.4 is 5.73 Å². The normalized spacial score (nSPS) is 30.9. The van der Waals surface area contributed by atoms with E-state index >= 15 is 0 Å². The van der Waals surface area contributed by atoms with Gasteiger partial charge in [0.1, 0.15) is 17.6 Å². The molecule has 144 valence electrons. The Morgan fingerprint density at radius 3 is 2.43 bits per heavy atom. The quantitative estimate of drug-likeness (QED) is 0.730. The Morgan fingerprint density at radius 1 is 1.04 bits per heavy atom. The number of rotatable bonds is 3. The van der Waals surface area contributed by atoms with Crippen LogP contribution in [0, 0.1) is 17.8 Å². The summed E-state index contributed by atoms with van der Waals surface area (Å²) in [6.45, 7) is 0.599. The summed E-state index contributed by atoms with van der Waals surface area (Å²) >= 11 is 0. The van der Waals surface area contributed by atoms with E-state index in [1.165, 1.54) is 50.4 Å². The first-order valence-electron chi connectivity index (χ1n) is 10.3. The number of phenols is 1. The Morgan fingerprint density at radius 2 is 1.75 bits per heavy atom. The average molecular weight is 375 g/mol. The molecule has 6 nitrogen and oxygen atoms in total. The largest absolute Gasteiger partial charge is 0.508 e. The number of hydrogen-bond acceptors (Lipinski definition) is 5. The third-order valence-corrected chi connectivity index (χ3v) is 7.45. The third-order valence-electron chi connectivity index (χ3n) is 7.45. The predicted molar refractivity (Wildman–Crippen MR) is 107 cm³/mol. The molecule has 4 aliphatic carbocycles. The number of aromatic hydroxyl groups is 1. The summed E-state index contributed by atoms with van der Waals surface area (Å²) in [5.74, 6) is 3.45. The number of imidazole rings is 1. The zero-order chi connectivity index (χ0) is 18.9. The molecule has 0 spiro atoms.